The number of nitrogens with one attached hydrogen (secondary N) is 1. The molecule has 0 unspecified atom stereocenters. The molecule has 0 saturated carbocycles. The van der Waals surface area contributed by atoms with Crippen molar-refractivity contribution in [3.05, 3.63) is 89.5 Å². The molecule has 0 aliphatic carbocycles. The molecular weight excluding hydrogens is 458 g/mol. The number of hydrogen-bond acceptors (Lipinski definition) is 3. The predicted octanol–water partition coefficient (Wildman–Crippen LogP) is 5.73. The highest BCUT2D eigenvalue weighted by molar-refractivity contribution is 7.92. The van der Waals surface area contributed by atoms with Crippen LogP contribution in [0.4, 0.5) is 23.2 Å². The number of para-hydroxylation sites is 4. The van der Waals surface area contributed by atoms with Crippen molar-refractivity contribution in [2.75, 3.05) is 11.0 Å². The van der Waals surface area contributed by atoms with E-state index in [4.69, 9.17) is 0 Å². The van der Waals surface area contributed by atoms with Gasteiger partial charge in [0.15, 0.2) is 0 Å². The molecule has 0 spiro atoms. The SMILES string of the molecule is CS(=O)(=O)Nc1ccccc1-n1c(/C=C/c2ccc(C(F)(F)F)c(F)c2)nc2ccccc21. The van der Waals surface area contributed by atoms with Crippen LogP contribution < -0.4 is 4.72 Å². The molecule has 0 aliphatic rings. The molecule has 170 valence electrons. The first-order chi connectivity index (χ1) is 15.5. The van der Waals surface area contributed by atoms with E-state index in [2.05, 4.69) is 9.71 Å². The molecule has 1 N–H and O–H groups in total. The lowest BCUT2D eigenvalue weighted by Gasteiger charge is -2.14. The first-order valence-electron chi connectivity index (χ1n) is 9.62. The number of benzene rings is 3. The molecule has 0 saturated heterocycles. The van der Waals surface area contributed by atoms with E-state index in [-0.39, 0.29) is 5.56 Å². The number of sulfonamides is 1. The topological polar surface area (TPSA) is 64.0 Å². The van der Waals surface area contributed by atoms with Crippen molar-refractivity contribution in [2.24, 2.45) is 0 Å². The van der Waals surface area contributed by atoms with Gasteiger partial charge in [0, 0.05) is 0 Å². The van der Waals surface area contributed by atoms with Crippen LogP contribution in [0.1, 0.15) is 17.0 Å². The molecule has 0 atom stereocenters. The summed E-state index contributed by atoms with van der Waals surface area (Å²) in [5, 5.41) is 0. The predicted molar refractivity (Wildman–Crippen MR) is 120 cm³/mol. The highest BCUT2D eigenvalue weighted by Gasteiger charge is 2.33. The first kappa shape index (κ1) is 22.5. The lowest BCUT2D eigenvalue weighted by Crippen LogP contribution is -2.12. The highest BCUT2D eigenvalue weighted by Crippen LogP contribution is 2.32. The maximum Gasteiger partial charge on any atom is 0.419 e. The summed E-state index contributed by atoms with van der Waals surface area (Å²) in [6.07, 6.45) is -0.779. The highest BCUT2D eigenvalue weighted by atomic mass is 32.2. The molecule has 0 radical (unpaired) electrons. The summed E-state index contributed by atoms with van der Waals surface area (Å²) in [6.45, 7) is 0. The third-order valence-corrected chi connectivity index (χ3v) is 5.34. The van der Waals surface area contributed by atoms with Crippen molar-refractivity contribution in [1.82, 2.24) is 9.55 Å². The lowest BCUT2D eigenvalue weighted by molar-refractivity contribution is -0.140. The summed E-state index contributed by atoms with van der Waals surface area (Å²) in [7, 11) is -3.57. The standard InChI is InChI=1S/C23H17F4N3O2S/c1-33(31,32)29-19-7-3-5-9-21(19)30-20-8-4-2-6-18(20)28-22(30)13-11-15-10-12-16(17(24)14-15)23(25,26)27/h2-14,29H,1H3/b13-11+. The Kier molecular flexibility index (Phi) is 5.71. The molecule has 0 fully saturated rings. The third kappa shape index (κ3) is 4.90. The van der Waals surface area contributed by atoms with E-state index in [1.807, 2.05) is 0 Å². The molecule has 0 aliphatic heterocycles. The summed E-state index contributed by atoms with van der Waals surface area (Å²) in [5.41, 5.74) is 0.978. The number of hydrogen-bond donors (Lipinski definition) is 1. The number of aromatic nitrogens is 2. The molecule has 4 rings (SSSR count). The van der Waals surface area contributed by atoms with Crippen LogP contribution in [-0.2, 0) is 16.2 Å². The average Bonchev–Trinajstić information content (AvgIpc) is 3.09. The maximum absolute atomic E-state index is 14.0. The molecule has 1 aromatic heterocycles. The van der Waals surface area contributed by atoms with Crippen LogP contribution in [0, 0.1) is 5.82 Å². The van der Waals surface area contributed by atoms with E-state index in [0.29, 0.717) is 34.3 Å². The van der Waals surface area contributed by atoms with Crippen molar-refractivity contribution in [2.45, 2.75) is 6.18 Å². The summed E-state index contributed by atoms with van der Waals surface area (Å²) >= 11 is 0. The quantitative estimate of drug-likeness (QED) is 0.375. The van der Waals surface area contributed by atoms with Crippen LogP contribution in [-0.4, -0.2) is 24.2 Å². The molecule has 5 nitrogen and oxygen atoms in total. The van der Waals surface area contributed by atoms with Crippen LogP contribution in [0.2, 0.25) is 0 Å². The minimum atomic E-state index is -4.78. The van der Waals surface area contributed by atoms with E-state index in [0.717, 1.165) is 18.4 Å². The summed E-state index contributed by atoms with van der Waals surface area (Å²) < 4.78 is 80.3. The van der Waals surface area contributed by atoms with Crippen molar-refractivity contribution >= 4 is 38.9 Å². The van der Waals surface area contributed by atoms with Gasteiger partial charge in [0.05, 0.1) is 34.2 Å². The van der Waals surface area contributed by atoms with Gasteiger partial charge in [0.25, 0.3) is 0 Å². The van der Waals surface area contributed by atoms with Gasteiger partial charge in [-0.15, -0.1) is 0 Å². The van der Waals surface area contributed by atoms with Crippen molar-refractivity contribution in [1.29, 1.82) is 0 Å². The van der Waals surface area contributed by atoms with Gasteiger partial charge in [-0.05, 0) is 48.0 Å². The van der Waals surface area contributed by atoms with Gasteiger partial charge in [-0.25, -0.2) is 17.8 Å². The lowest BCUT2D eigenvalue weighted by atomic mass is 10.1. The van der Waals surface area contributed by atoms with E-state index < -0.39 is 27.6 Å². The van der Waals surface area contributed by atoms with Gasteiger partial charge in [0.2, 0.25) is 10.0 Å². The third-order valence-electron chi connectivity index (χ3n) is 4.75. The molecule has 33 heavy (non-hydrogen) atoms. The number of fused-ring (bicyclic) bond motifs is 1. The zero-order chi connectivity index (χ0) is 23.8. The Balaban J connectivity index is 1.83. The number of rotatable bonds is 5. The Hall–Kier alpha value is -3.66. The maximum atomic E-state index is 14.0. The molecular formula is C23H17F4N3O2S. The number of anilines is 1. The zero-order valence-electron chi connectivity index (χ0n) is 17.1. The molecule has 3 aromatic carbocycles. The molecule has 0 bridgehead atoms. The Morgan fingerprint density at radius 2 is 1.67 bits per heavy atom. The Bertz CT molecular complexity index is 1470. The summed E-state index contributed by atoms with van der Waals surface area (Å²) in [5.74, 6) is -1.000. The minimum Gasteiger partial charge on any atom is -0.291 e. The van der Waals surface area contributed by atoms with E-state index in [1.165, 1.54) is 12.2 Å². The number of halogens is 4. The van der Waals surface area contributed by atoms with Gasteiger partial charge < -0.3 is 0 Å². The molecule has 4 aromatic rings. The van der Waals surface area contributed by atoms with E-state index >= 15 is 0 Å². The number of nitrogens with zero attached hydrogens (tertiary/aromatic N) is 2. The normalized spacial score (nSPS) is 12.5. The van der Waals surface area contributed by atoms with E-state index in [1.54, 1.807) is 53.1 Å². The summed E-state index contributed by atoms with van der Waals surface area (Å²) in [6, 6.07) is 16.5. The Labute approximate surface area is 187 Å². The second kappa shape index (κ2) is 8.36. The van der Waals surface area contributed by atoms with Crippen LogP contribution in [0.5, 0.6) is 0 Å². The van der Waals surface area contributed by atoms with E-state index in [9.17, 15) is 26.0 Å². The second-order valence-corrected chi connectivity index (χ2v) is 9.00. The van der Waals surface area contributed by atoms with Crippen LogP contribution in [0.3, 0.4) is 0 Å². The number of imidazole rings is 1. The fraction of sp³-hybridized carbons (Fsp3) is 0.0870. The zero-order valence-corrected chi connectivity index (χ0v) is 18.0. The van der Waals surface area contributed by atoms with Crippen LogP contribution >= 0.6 is 0 Å². The number of alkyl halides is 3. The van der Waals surface area contributed by atoms with Gasteiger partial charge in [-0.1, -0.05) is 36.4 Å². The second-order valence-electron chi connectivity index (χ2n) is 7.26. The Morgan fingerprint density at radius 3 is 2.36 bits per heavy atom. The largest absolute Gasteiger partial charge is 0.419 e. The van der Waals surface area contributed by atoms with Gasteiger partial charge in [-0.3, -0.25) is 9.29 Å². The van der Waals surface area contributed by atoms with Gasteiger partial charge in [-0.2, -0.15) is 13.2 Å². The van der Waals surface area contributed by atoms with Crippen molar-refractivity contribution in [3.8, 4) is 5.69 Å². The van der Waals surface area contributed by atoms with Crippen LogP contribution in [0.15, 0.2) is 66.7 Å². The Morgan fingerprint density at radius 1 is 0.970 bits per heavy atom. The van der Waals surface area contributed by atoms with Gasteiger partial charge in [0.1, 0.15) is 11.6 Å². The molecule has 10 heteroatoms. The minimum absolute atomic E-state index is 0.210. The van der Waals surface area contributed by atoms with Crippen LogP contribution in [0.25, 0.3) is 28.9 Å². The fourth-order valence-electron chi connectivity index (χ4n) is 3.40. The summed E-state index contributed by atoms with van der Waals surface area (Å²) in [4.78, 5) is 4.55. The first-order valence-corrected chi connectivity index (χ1v) is 11.5. The van der Waals surface area contributed by atoms with Crippen molar-refractivity contribution < 1.29 is 26.0 Å². The van der Waals surface area contributed by atoms with Crippen molar-refractivity contribution in [3.63, 3.8) is 0 Å². The molecule has 0 amide bonds. The monoisotopic (exact) mass is 475 g/mol. The molecule has 1 heterocycles. The van der Waals surface area contributed by atoms with Gasteiger partial charge >= 0.3 is 6.18 Å². The smallest absolute Gasteiger partial charge is 0.291 e. The average molecular weight is 475 g/mol. The fourth-order valence-corrected chi connectivity index (χ4v) is 3.97.